The predicted octanol–water partition coefficient (Wildman–Crippen LogP) is -3.00. The van der Waals surface area contributed by atoms with Gasteiger partial charge in [-0.15, -0.1) is 0 Å². The SMILES string of the molecule is CSCCC(N)C(=O)NC(CC(=O)O)C(=O)NC(CS)C(=O)NC(CO)C(=O)O. The van der Waals surface area contributed by atoms with Gasteiger partial charge in [0.2, 0.25) is 17.7 Å². The molecular formula is C15H26N4O8S2. The van der Waals surface area contributed by atoms with Gasteiger partial charge in [0.05, 0.1) is 19.1 Å². The normalized spacial score (nSPS) is 14.8. The van der Waals surface area contributed by atoms with Gasteiger partial charge in [-0.25, -0.2) is 4.79 Å². The van der Waals surface area contributed by atoms with Crippen molar-refractivity contribution >= 4 is 54.1 Å². The minimum atomic E-state index is -1.59. The van der Waals surface area contributed by atoms with Crippen molar-refractivity contribution in [2.45, 2.75) is 37.0 Å². The van der Waals surface area contributed by atoms with E-state index in [1.807, 2.05) is 11.6 Å². The highest BCUT2D eigenvalue weighted by molar-refractivity contribution is 7.98. The summed E-state index contributed by atoms with van der Waals surface area (Å²) in [5, 5.41) is 33.2. The molecule has 0 fully saturated rings. The summed E-state index contributed by atoms with van der Waals surface area (Å²) in [6.45, 7) is -0.875. The van der Waals surface area contributed by atoms with Crippen LogP contribution in [0.2, 0.25) is 0 Å². The van der Waals surface area contributed by atoms with Crippen LogP contribution < -0.4 is 21.7 Å². The molecule has 0 heterocycles. The molecule has 0 bridgehead atoms. The summed E-state index contributed by atoms with van der Waals surface area (Å²) < 4.78 is 0. The van der Waals surface area contributed by atoms with Gasteiger partial charge in [0.1, 0.15) is 18.1 Å². The number of carboxylic acid groups (broad SMARTS) is 2. The number of hydrogen-bond acceptors (Lipinski definition) is 9. The third-order valence-corrected chi connectivity index (χ3v) is 4.60. The summed E-state index contributed by atoms with van der Waals surface area (Å²) in [5.74, 6) is -5.19. The van der Waals surface area contributed by atoms with Gasteiger partial charge < -0.3 is 37.0 Å². The number of amides is 3. The van der Waals surface area contributed by atoms with Crippen LogP contribution in [-0.2, 0) is 24.0 Å². The fourth-order valence-corrected chi connectivity index (χ4v) is 2.71. The molecule has 0 radical (unpaired) electrons. The van der Waals surface area contributed by atoms with E-state index < -0.39 is 66.9 Å². The molecule has 0 aromatic carbocycles. The second kappa shape index (κ2) is 14.0. The van der Waals surface area contributed by atoms with E-state index in [0.717, 1.165) is 0 Å². The van der Waals surface area contributed by atoms with Crippen molar-refractivity contribution in [3.8, 4) is 0 Å². The van der Waals surface area contributed by atoms with Gasteiger partial charge in [0.15, 0.2) is 0 Å². The van der Waals surface area contributed by atoms with Gasteiger partial charge in [-0.05, 0) is 18.4 Å². The number of aliphatic hydroxyl groups excluding tert-OH is 1. The van der Waals surface area contributed by atoms with Crippen molar-refractivity contribution in [2.75, 3.05) is 24.4 Å². The molecule has 166 valence electrons. The third-order valence-electron chi connectivity index (χ3n) is 3.59. The highest BCUT2D eigenvalue weighted by Crippen LogP contribution is 2.02. The first-order valence-electron chi connectivity index (χ1n) is 8.39. The van der Waals surface area contributed by atoms with Crippen molar-refractivity contribution < 1.29 is 39.3 Å². The van der Waals surface area contributed by atoms with Gasteiger partial charge >= 0.3 is 11.9 Å². The van der Waals surface area contributed by atoms with Crippen molar-refractivity contribution in [3.05, 3.63) is 0 Å². The van der Waals surface area contributed by atoms with Gasteiger partial charge in [-0.1, -0.05) is 0 Å². The van der Waals surface area contributed by atoms with Crippen LogP contribution in [-0.4, -0.2) is 93.5 Å². The zero-order valence-electron chi connectivity index (χ0n) is 15.7. The van der Waals surface area contributed by atoms with E-state index in [4.69, 9.17) is 21.1 Å². The lowest BCUT2D eigenvalue weighted by Gasteiger charge is -2.23. The molecule has 0 aliphatic carbocycles. The summed E-state index contributed by atoms with van der Waals surface area (Å²) in [5.41, 5.74) is 5.70. The number of aliphatic hydroxyl groups is 1. The van der Waals surface area contributed by atoms with Crippen LogP contribution in [0.4, 0.5) is 0 Å². The molecule has 4 atom stereocenters. The lowest BCUT2D eigenvalue weighted by Crippen LogP contribution is -2.58. The minimum absolute atomic E-state index is 0.254. The largest absolute Gasteiger partial charge is 0.481 e. The van der Waals surface area contributed by atoms with E-state index in [2.05, 4.69) is 23.3 Å². The van der Waals surface area contributed by atoms with Gasteiger partial charge in [-0.2, -0.15) is 24.4 Å². The van der Waals surface area contributed by atoms with Crippen LogP contribution in [0.3, 0.4) is 0 Å². The number of thioether (sulfide) groups is 1. The molecule has 29 heavy (non-hydrogen) atoms. The Morgan fingerprint density at radius 3 is 1.93 bits per heavy atom. The van der Waals surface area contributed by atoms with Gasteiger partial charge in [0, 0.05) is 5.75 Å². The number of aliphatic carboxylic acids is 2. The van der Waals surface area contributed by atoms with Crippen LogP contribution in [0.1, 0.15) is 12.8 Å². The Bertz CT molecular complexity index is 607. The molecule has 0 aliphatic rings. The smallest absolute Gasteiger partial charge is 0.328 e. The summed E-state index contributed by atoms with van der Waals surface area (Å²) in [4.78, 5) is 58.5. The molecule has 14 heteroatoms. The molecule has 0 spiro atoms. The molecule has 0 aromatic heterocycles. The van der Waals surface area contributed by atoms with E-state index in [1.54, 1.807) is 0 Å². The molecule has 0 rings (SSSR count). The van der Waals surface area contributed by atoms with Gasteiger partial charge in [0.25, 0.3) is 0 Å². The van der Waals surface area contributed by atoms with Crippen LogP contribution >= 0.6 is 24.4 Å². The van der Waals surface area contributed by atoms with Crippen LogP contribution in [0.25, 0.3) is 0 Å². The molecule has 0 aromatic rings. The molecule has 0 aliphatic heterocycles. The maximum Gasteiger partial charge on any atom is 0.328 e. The summed E-state index contributed by atoms with van der Waals surface area (Å²) in [7, 11) is 0. The average molecular weight is 455 g/mol. The zero-order valence-corrected chi connectivity index (χ0v) is 17.4. The van der Waals surface area contributed by atoms with Crippen molar-refractivity contribution in [1.29, 1.82) is 0 Å². The summed E-state index contributed by atoms with van der Waals surface area (Å²) in [6, 6.07) is -5.39. The van der Waals surface area contributed by atoms with E-state index in [9.17, 15) is 24.0 Å². The van der Waals surface area contributed by atoms with E-state index in [-0.39, 0.29) is 5.75 Å². The summed E-state index contributed by atoms with van der Waals surface area (Å²) in [6.07, 6.45) is 1.37. The average Bonchev–Trinajstić information content (AvgIpc) is 2.66. The van der Waals surface area contributed by atoms with Crippen molar-refractivity contribution in [2.24, 2.45) is 5.73 Å². The maximum absolute atomic E-state index is 12.4. The quantitative estimate of drug-likeness (QED) is 0.125. The standard InChI is InChI=1S/C15H26N4O8S2/c1-29-3-2-7(16)12(23)17-8(4-11(21)22)13(24)19-10(6-28)14(25)18-9(5-20)15(26)27/h7-10,20,28H,2-6,16H2,1H3,(H,17,23)(H,18,25)(H,19,24)(H,21,22)(H,26,27). The second-order valence-electron chi connectivity index (χ2n) is 5.87. The Hall–Kier alpha value is -2.03. The number of nitrogens with one attached hydrogen (secondary N) is 3. The highest BCUT2D eigenvalue weighted by Gasteiger charge is 2.30. The molecular weight excluding hydrogens is 428 g/mol. The van der Waals surface area contributed by atoms with Gasteiger partial charge in [-0.3, -0.25) is 19.2 Å². The lowest BCUT2D eigenvalue weighted by molar-refractivity contribution is -0.144. The number of rotatable bonds is 14. The fourth-order valence-electron chi connectivity index (χ4n) is 1.96. The molecule has 4 unspecified atom stereocenters. The zero-order chi connectivity index (χ0) is 22.6. The number of nitrogens with two attached hydrogens (primary N) is 1. The van der Waals surface area contributed by atoms with E-state index >= 15 is 0 Å². The Labute approximate surface area is 176 Å². The molecule has 12 nitrogen and oxygen atoms in total. The topological polar surface area (TPSA) is 208 Å². The van der Waals surface area contributed by atoms with Crippen LogP contribution in [0.15, 0.2) is 0 Å². The number of carbonyl (C=O) groups is 5. The second-order valence-corrected chi connectivity index (χ2v) is 7.22. The first-order valence-corrected chi connectivity index (χ1v) is 10.4. The number of carbonyl (C=O) groups excluding carboxylic acids is 3. The number of hydrogen-bond donors (Lipinski definition) is 8. The van der Waals surface area contributed by atoms with Crippen molar-refractivity contribution in [1.82, 2.24) is 16.0 Å². The fraction of sp³-hybridized carbons (Fsp3) is 0.667. The van der Waals surface area contributed by atoms with E-state index in [1.165, 1.54) is 11.8 Å². The minimum Gasteiger partial charge on any atom is -0.481 e. The molecule has 0 saturated carbocycles. The van der Waals surface area contributed by atoms with Crippen LogP contribution in [0.5, 0.6) is 0 Å². The first-order chi connectivity index (χ1) is 13.6. The molecule has 8 N–H and O–H groups in total. The highest BCUT2D eigenvalue weighted by atomic mass is 32.2. The molecule has 3 amide bonds. The van der Waals surface area contributed by atoms with Crippen molar-refractivity contribution in [3.63, 3.8) is 0 Å². The number of thiol groups is 1. The monoisotopic (exact) mass is 454 g/mol. The molecule has 0 saturated heterocycles. The Morgan fingerprint density at radius 2 is 1.48 bits per heavy atom. The number of carboxylic acids is 2. The summed E-state index contributed by atoms with van der Waals surface area (Å²) >= 11 is 5.36. The van der Waals surface area contributed by atoms with E-state index in [0.29, 0.717) is 12.2 Å². The Balaban J connectivity index is 5.13. The Kier molecular flexibility index (Phi) is 13.0. The third kappa shape index (κ3) is 10.3. The first kappa shape index (κ1) is 27.0. The Morgan fingerprint density at radius 1 is 0.966 bits per heavy atom. The van der Waals surface area contributed by atoms with Crippen LogP contribution in [0, 0.1) is 0 Å². The maximum atomic E-state index is 12.4. The predicted molar refractivity (Wildman–Crippen MR) is 108 cm³/mol. The lowest BCUT2D eigenvalue weighted by atomic mass is 10.1.